The third kappa shape index (κ3) is 6.60. The predicted molar refractivity (Wildman–Crippen MR) is 118 cm³/mol. The van der Waals surface area contributed by atoms with E-state index in [1.807, 2.05) is 6.07 Å². The lowest BCUT2D eigenvalue weighted by molar-refractivity contribution is 0.198. The normalized spacial score (nSPS) is 16.4. The highest BCUT2D eigenvalue weighted by molar-refractivity contribution is 5.80. The first-order chi connectivity index (χ1) is 14.0. The maximum atomic E-state index is 5.40. The number of hydrogen-bond acceptors (Lipinski definition) is 4. The molecule has 2 N–H and O–H groups in total. The maximum absolute atomic E-state index is 5.40. The van der Waals surface area contributed by atoms with Crippen LogP contribution in [0.15, 0.2) is 39.8 Å². The van der Waals surface area contributed by atoms with Crippen molar-refractivity contribution in [3.05, 3.63) is 52.9 Å². The molecule has 0 radical (unpaired) electrons. The highest BCUT2D eigenvalue weighted by Gasteiger charge is 2.20. The first kappa shape index (κ1) is 21.4. The number of hydrogen-bond donors (Lipinski definition) is 2. The minimum Gasteiger partial charge on any atom is -0.359 e. The van der Waals surface area contributed by atoms with E-state index < -0.39 is 0 Å². The Morgan fingerprint density at radius 1 is 1.28 bits per heavy atom. The van der Waals surface area contributed by atoms with Gasteiger partial charge in [0.25, 0.3) is 0 Å². The van der Waals surface area contributed by atoms with Gasteiger partial charge in [-0.1, -0.05) is 48.8 Å². The number of aromatic nitrogens is 1. The Morgan fingerprint density at radius 3 is 2.72 bits per heavy atom. The van der Waals surface area contributed by atoms with Crippen LogP contribution in [0.3, 0.4) is 0 Å². The minimum absolute atomic E-state index is 0.368. The van der Waals surface area contributed by atoms with Gasteiger partial charge < -0.3 is 15.2 Å². The molecule has 0 unspecified atom stereocenters. The fraction of sp³-hybridized carbons (Fsp3) is 0.565. The summed E-state index contributed by atoms with van der Waals surface area (Å²) in [4.78, 5) is 7.23. The maximum Gasteiger partial charge on any atom is 0.191 e. The van der Waals surface area contributed by atoms with Gasteiger partial charge in [-0.05, 0) is 38.2 Å². The number of nitrogens with one attached hydrogen (secondary N) is 2. The lowest BCUT2D eigenvalue weighted by Crippen LogP contribution is -2.48. The van der Waals surface area contributed by atoms with Crippen LogP contribution in [0.4, 0.5) is 0 Å². The third-order valence-corrected chi connectivity index (χ3v) is 5.32. The molecule has 6 nitrogen and oxygen atoms in total. The monoisotopic (exact) mass is 397 g/mol. The summed E-state index contributed by atoms with van der Waals surface area (Å²) in [7, 11) is 0. The summed E-state index contributed by atoms with van der Waals surface area (Å²) in [5, 5.41) is 11.1. The Balaban J connectivity index is 1.49. The van der Waals surface area contributed by atoms with E-state index in [1.54, 1.807) is 0 Å². The summed E-state index contributed by atoms with van der Waals surface area (Å²) < 4.78 is 5.40. The molecule has 1 aromatic heterocycles. The molecular formula is C23H35N5O. The molecule has 0 bridgehead atoms. The van der Waals surface area contributed by atoms with Crippen molar-refractivity contribution < 1.29 is 4.52 Å². The molecule has 1 aliphatic rings. The van der Waals surface area contributed by atoms with E-state index in [4.69, 9.17) is 9.52 Å². The van der Waals surface area contributed by atoms with Crippen molar-refractivity contribution in [2.45, 2.75) is 65.6 Å². The van der Waals surface area contributed by atoms with Gasteiger partial charge >= 0.3 is 0 Å². The first-order valence-corrected chi connectivity index (χ1v) is 10.8. The van der Waals surface area contributed by atoms with Crippen LogP contribution in [0.1, 0.15) is 62.1 Å². The van der Waals surface area contributed by atoms with E-state index in [9.17, 15) is 0 Å². The Bertz CT molecular complexity index is 790. The van der Waals surface area contributed by atoms with Gasteiger partial charge in [0.2, 0.25) is 0 Å². The molecule has 1 fully saturated rings. The molecule has 6 heteroatoms. The number of benzene rings is 1. The van der Waals surface area contributed by atoms with E-state index in [2.05, 4.69) is 72.7 Å². The molecule has 1 aliphatic heterocycles. The van der Waals surface area contributed by atoms with Gasteiger partial charge in [-0.25, -0.2) is 4.99 Å². The molecule has 0 saturated carbocycles. The second-order valence-corrected chi connectivity index (χ2v) is 8.25. The van der Waals surface area contributed by atoms with Crippen LogP contribution in [0.25, 0.3) is 0 Å². The number of aryl methyl sites for hydroxylation is 1. The summed E-state index contributed by atoms with van der Waals surface area (Å²) in [6.07, 6.45) is 2.24. The topological polar surface area (TPSA) is 65.7 Å². The number of guanidine groups is 1. The van der Waals surface area contributed by atoms with Crippen LogP contribution in [-0.2, 0) is 13.1 Å². The molecule has 1 aromatic carbocycles. The third-order valence-electron chi connectivity index (χ3n) is 5.32. The van der Waals surface area contributed by atoms with E-state index in [0.717, 1.165) is 56.4 Å². The predicted octanol–water partition coefficient (Wildman–Crippen LogP) is 3.83. The molecule has 158 valence electrons. The van der Waals surface area contributed by atoms with Crippen molar-refractivity contribution >= 4 is 5.96 Å². The standard InChI is InChI=1S/C23H35N5O/c1-5-24-23(25-15-21-14-22(17(2)3)27-29-21)26-20-9-11-28(12-10-20)16-19-8-6-7-18(4)13-19/h6-8,13-14,17,20H,5,9-12,15-16H2,1-4H3,(H2,24,25,26). The number of piperidine rings is 1. The summed E-state index contributed by atoms with van der Waals surface area (Å²) in [6, 6.07) is 11.3. The molecule has 2 heterocycles. The molecule has 2 aromatic rings. The summed E-state index contributed by atoms with van der Waals surface area (Å²) in [5.41, 5.74) is 3.71. The number of likely N-dealkylation sites (tertiary alicyclic amines) is 1. The van der Waals surface area contributed by atoms with Crippen LogP contribution < -0.4 is 10.6 Å². The van der Waals surface area contributed by atoms with Crippen molar-refractivity contribution in [3.63, 3.8) is 0 Å². The lowest BCUT2D eigenvalue weighted by atomic mass is 10.0. The SMILES string of the molecule is CCNC(=NCc1cc(C(C)C)no1)NC1CCN(Cc2cccc(C)c2)CC1. The van der Waals surface area contributed by atoms with Gasteiger partial charge in [-0.15, -0.1) is 0 Å². The van der Waals surface area contributed by atoms with Crippen LogP contribution in [0, 0.1) is 6.92 Å². The molecule has 1 saturated heterocycles. The summed E-state index contributed by atoms with van der Waals surface area (Å²) >= 11 is 0. The van der Waals surface area contributed by atoms with Crippen molar-refractivity contribution in [2.24, 2.45) is 4.99 Å². The zero-order chi connectivity index (χ0) is 20.6. The van der Waals surface area contributed by atoms with E-state index in [1.165, 1.54) is 11.1 Å². The highest BCUT2D eigenvalue weighted by atomic mass is 16.5. The number of aliphatic imine (C=N–C) groups is 1. The van der Waals surface area contributed by atoms with E-state index in [-0.39, 0.29) is 0 Å². The van der Waals surface area contributed by atoms with Gasteiger partial charge in [0, 0.05) is 38.3 Å². The Morgan fingerprint density at radius 2 is 2.07 bits per heavy atom. The first-order valence-electron chi connectivity index (χ1n) is 10.8. The Labute approximate surface area is 174 Å². The van der Waals surface area contributed by atoms with Crippen molar-refractivity contribution in [2.75, 3.05) is 19.6 Å². The quantitative estimate of drug-likeness (QED) is 0.549. The van der Waals surface area contributed by atoms with E-state index >= 15 is 0 Å². The highest BCUT2D eigenvalue weighted by Crippen LogP contribution is 2.16. The van der Waals surface area contributed by atoms with Crippen molar-refractivity contribution in [1.82, 2.24) is 20.7 Å². The lowest BCUT2D eigenvalue weighted by Gasteiger charge is -2.33. The molecular weight excluding hydrogens is 362 g/mol. The molecule has 3 rings (SSSR count). The molecule has 0 atom stereocenters. The second kappa shape index (κ2) is 10.4. The van der Waals surface area contributed by atoms with Crippen LogP contribution in [0.2, 0.25) is 0 Å². The van der Waals surface area contributed by atoms with Gasteiger partial charge in [-0.2, -0.15) is 0 Å². The van der Waals surface area contributed by atoms with Gasteiger partial charge in [0.05, 0.1) is 5.69 Å². The van der Waals surface area contributed by atoms with Crippen molar-refractivity contribution in [3.8, 4) is 0 Å². The van der Waals surface area contributed by atoms with Crippen molar-refractivity contribution in [1.29, 1.82) is 0 Å². The average Bonchev–Trinajstić information content (AvgIpc) is 3.17. The molecule has 0 aliphatic carbocycles. The van der Waals surface area contributed by atoms with Gasteiger partial charge in [-0.3, -0.25) is 4.90 Å². The van der Waals surface area contributed by atoms with Crippen LogP contribution >= 0.6 is 0 Å². The fourth-order valence-electron chi connectivity index (χ4n) is 3.65. The number of nitrogens with zero attached hydrogens (tertiary/aromatic N) is 3. The van der Waals surface area contributed by atoms with E-state index in [0.29, 0.717) is 18.5 Å². The number of rotatable bonds is 7. The molecule has 0 spiro atoms. The van der Waals surface area contributed by atoms with Gasteiger partial charge in [0.1, 0.15) is 6.54 Å². The summed E-state index contributed by atoms with van der Waals surface area (Å²) in [6.45, 7) is 13.1. The van der Waals surface area contributed by atoms with Gasteiger partial charge in [0.15, 0.2) is 11.7 Å². The Hall–Kier alpha value is -2.34. The fourth-order valence-corrected chi connectivity index (χ4v) is 3.65. The average molecular weight is 398 g/mol. The van der Waals surface area contributed by atoms with Crippen LogP contribution in [-0.4, -0.2) is 41.7 Å². The zero-order valence-electron chi connectivity index (χ0n) is 18.2. The molecule has 0 amide bonds. The Kier molecular flexibility index (Phi) is 7.69. The minimum atomic E-state index is 0.368. The largest absolute Gasteiger partial charge is 0.359 e. The summed E-state index contributed by atoms with van der Waals surface area (Å²) in [5.74, 6) is 2.03. The zero-order valence-corrected chi connectivity index (χ0v) is 18.2. The molecule has 29 heavy (non-hydrogen) atoms. The smallest absolute Gasteiger partial charge is 0.191 e. The van der Waals surface area contributed by atoms with Crippen LogP contribution in [0.5, 0.6) is 0 Å². The second-order valence-electron chi connectivity index (χ2n) is 8.25.